The largest absolute Gasteiger partial charge is 0.486 e. The van der Waals surface area contributed by atoms with E-state index in [4.69, 9.17) is 16.3 Å². The molecule has 1 atom stereocenters. The number of amides is 1. The number of halogens is 1. The van der Waals surface area contributed by atoms with Crippen molar-refractivity contribution >= 4 is 66.5 Å². The second-order valence-corrected chi connectivity index (χ2v) is 19.9. The normalized spacial score (nSPS) is 18.7. The Morgan fingerprint density at radius 1 is 1.03 bits per heavy atom. The van der Waals surface area contributed by atoms with E-state index in [-0.39, 0.29) is 29.3 Å². The van der Waals surface area contributed by atoms with Crippen LogP contribution < -0.4 is 14.4 Å². The zero-order valence-electron chi connectivity index (χ0n) is 35.5. The van der Waals surface area contributed by atoms with Crippen molar-refractivity contribution in [3.05, 3.63) is 117 Å². The van der Waals surface area contributed by atoms with Crippen LogP contribution in [0, 0.1) is 21.4 Å². The van der Waals surface area contributed by atoms with Gasteiger partial charge in [-0.2, -0.15) is 0 Å². The Morgan fingerprint density at radius 2 is 1.83 bits per heavy atom. The van der Waals surface area contributed by atoms with Gasteiger partial charge in [0.05, 0.1) is 33.2 Å². The van der Waals surface area contributed by atoms with Gasteiger partial charge in [0.15, 0.2) is 11.4 Å². The number of aromatic amines is 1. The number of anilines is 1. The summed E-state index contributed by atoms with van der Waals surface area (Å²) in [5, 5.41) is 16.9. The molecule has 0 bridgehead atoms. The van der Waals surface area contributed by atoms with Crippen molar-refractivity contribution in [2.45, 2.75) is 44.4 Å². The molecule has 328 valence electrons. The average molecular weight is 892 g/mol. The Balaban J connectivity index is 0.977. The first-order valence-electron chi connectivity index (χ1n) is 21.3. The van der Waals surface area contributed by atoms with E-state index in [2.05, 4.69) is 60.5 Å². The second kappa shape index (κ2) is 17.1. The molecule has 0 saturated carbocycles. The summed E-state index contributed by atoms with van der Waals surface area (Å²) in [7, 11) is -2.58. The van der Waals surface area contributed by atoms with E-state index < -0.39 is 31.4 Å². The summed E-state index contributed by atoms with van der Waals surface area (Å²) < 4.78 is 37.3. The lowest BCUT2D eigenvalue weighted by Gasteiger charge is -2.39. The number of hydrogen-bond donors (Lipinski definition) is 2. The van der Waals surface area contributed by atoms with Gasteiger partial charge in [-0.3, -0.25) is 29.6 Å². The van der Waals surface area contributed by atoms with Crippen molar-refractivity contribution in [1.29, 1.82) is 0 Å². The van der Waals surface area contributed by atoms with Gasteiger partial charge < -0.3 is 14.5 Å². The molecule has 63 heavy (non-hydrogen) atoms. The Labute approximate surface area is 370 Å². The number of hydrogen-bond acceptors (Lipinski definition) is 11. The molecule has 0 spiro atoms. The van der Waals surface area contributed by atoms with Crippen LogP contribution >= 0.6 is 11.6 Å². The standard InChI is InChI=1S/C46H50ClN9O6S/c1-46(2)15-12-33(38(25-46)31-4-6-34(47)7-5-31)28-53-18-20-54(21-19-53)35-8-10-37(40(23-35)55-41-22-32-13-16-48-44(32)50-39(41)26-49-55)45(57)51-63(60,61)36-9-11-43(42(24-36)56(58)59)62-29-30-14-17-52(3)27-30/h4-11,13,16,22-24,26,30,49H,12,14-15,17-21,25,27-29H2,1-3H3,(H,51,57). The van der Waals surface area contributed by atoms with Gasteiger partial charge in [0.25, 0.3) is 15.9 Å². The molecule has 5 heterocycles. The summed E-state index contributed by atoms with van der Waals surface area (Å²) in [4.78, 5) is 41.1. The van der Waals surface area contributed by atoms with E-state index in [1.807, 2.05) is 43.4 Å². The monoisotopic (exact) mass is 891 g/mol. The van der Waals surface area contributed by atoms with Gasteiger partial charge in [-0.1, -0.05) is 43.2 Å². The van der Waals surface area contributed by atoms with Crippen LogP contribution in [0.3, 0.4) is 0 Å². The summed E-state index contributed by atoms with van der Waals surface area (Å²) in [6.45, 7) is 10.7. The van der Waals surface area contributed by atoms with Gasteiger partial charge >= 0.3 is 5.69 Å². The van der Waals surface area contributed by atoms with Gasteiger partial charge in [0.1, 0.15) is 5.52 Å². The molecule has 9 rings (SSSR count). The molecule has 17 heteroatoms. The minimum absolute atomic E-state index is 0.0332. The predicted octanol–water partition coefficient (Wildman–Crippen LogP) is 7.70. The number of carbonyl (C=O) groups is 1. The summed E-state index contributed by atoms with van der Waals surface area (Å²) in [5.41, 5.74) is 7.00. The van der Waals surface area contributed by atoms with Crippen LogP contribution in [0.2, 0.25) is 5.02 Å². The van der Waals surface area contributed by atoms with Crippen molar-refractivity contribution in [3.8, 4) is 11.4 Å². The van der Waals surface area contributed by atoms with E-state index in [1.165, 1.54) is 28.8 Å². The maximum Gasteiger partial charge on any atom is 0.312 e. The molecule has 3 aliphatic rings. The van der Waals surface area contributed by atoms with Gasteiger partial charge in [-0.15, -0.1) is 0 Å². The van der Waals surface area contributed by atoms with Crippen LogP contribution in [-0.2, 0) is 10.0 Å². The highest BCUT2D eigenvalue weighted by Gasteiger charge is 2.31. The second-order valence-electron chi connectivity index (χ2n) is 17.8. The number of benzene rings is 3. The number of nitro groups is 1. The number of fused-ring (bicyclic) bond motifs is 2. The molecule has 0 radical (unpaired) electrons. The summed E-state index contributed by atoms with van der Waals surface area (Å²) in [6.07, 6.45) is 7.48. The fraction of sp³-hybridized carbons (Fsp3) is 0.370. The molecular weight excluding hydrogens is 842 g/mol. The number of pyridine rings is 1. The molecule has 1 aliphatic carbocycles. The molecule has 2 saturated heterocycles. The van der Waals surface area contributed by atoms with Gasteiger partial charge in [-0.05, 0) is 110 Å². The lowest BCUT2D eigenvalue weighted by atomic mass is 9.72. The third-order valence-corrected chi connectivity index (χ3v) is 14.3. The highest BCUT2D eigenvalue weighted by Crippen LogP contribution is 2.43. The highest BCUT2D eigenvalue weighted by atomic mass is 35.5. The smallest absolute Gasteiger partial charge is 0.312 e. The summed E-state index contributed by atoms with van der Waals surface area (Å²) >= 11 is 6.26. The highest BCUT2D eigenvalue weighted by molar-refractivity contribution is 7.90. The number of carbonyl (C=O) groups excluding carboxylic acids is 1. The number of nitrogens with zero attached hydrogens (tertiary/aromatic N) is 7. The fourth-order valence-electron chi connectivity index (χ4n) is 9.14. The number of sulfonamides is 1. The van der Waals surface area contributed by atoms with E-state index >= 15 is 0 Å². The Hall–Kier alpha value is -5.81. The number of nitro benzene ring substituents is 1. The number of H-pyrrole nitrogens is 1. The Morgan fingerprint density at radius 3 is 2.57 bits per heavy atom. The van der Waals surface area contributed by atoms with Crippen LogP contribution in [0.25, 0.3) is 33.3 Å². The first kappa shape index (κ1) is 42.5. The maximum absolute atomic E-state index is 14.2. The van der Waals surface area contributed by atoms with Crippen LogP contribution in [-0.4, -0.2) is 108 Å². The van der Waals surface area contributed by atoms with Crippen molar-refractivity contribution in [3.63, 3.8) is 0 Å². The Kier molecular flexibility index (Phi) is 11.5. The predicted molar refractivity (Wildman–Crippen MR) is 244 cm³/mol. The molecule has 2 fully saturated rings. The van der Waals surface area contributed by atoms with Crippen molar-refractivity contribution in [1.82, 2.24) is 34.3 Å². The molecule has 1 amide bonds. The number of piperazine rings is 1. The molecule has 2 aliphatic heterocycles. The van der Waals surface area contributed by atoms with E-state index in [0.717, 1.165) is 93.7 Å². The fourth-order valence-corrected chi connectivity index (χ4v) is 10.3. The SMILES string of the molecule is CN1CCC(COc2ccc(S(=O)(=O)NC(=O)c3ccc(N4CCN(CC5=C(c6ccc(Cl)cc6)CC(C)(C)CC5)CC4)cc3-n3[nH]cc4nc5nccc5cc43)cc2[N+](=O)[O-])C1. The maximum atomic E-state index is 14.2. The average Bonchev–Trinajstić information content (AvgIpc) is 4.02. The number of ether oxygens (including phenoxy) is 1. The van der Waals surface area contributed by atoms with Crippen LogP contribution in [0.15, 0.2) is 95.7 Å². The van der Waals surface area contributed by atoms with Gasteiger partial charge in [-0.25, -0.2) is 23.1 Å². The molecule has 2 N–H and O–H groups in total. The molecule has 1 unspecified atom stereocenters. The summed E-state index contributed by atoms with van der Waals surface area (Å²) in [6, 6.07) is 20.7. The summed E-state index contributed by atoms with van der Waals surface area (Å²) in [5.74, 6) is -0.740. The topological polar surface area (TPSA) is 172 Å². The number of aromatic nitrogens is 4. The molecule has 15 nitrogen and oxygen atoms in total. The molecule has 3 aromatic heterocycles. The van der Waals surface area contributed by atoms with Crippen molar-refractivity contribution in [2.75, 3.05) is 64.4 Å². The minimum Gasteiger partial charge on any atom is -0.486 e. The number of allylic oxidation sites excluding steroid dienone is 1. The van der Waals surface area contributed by atoms with Gasteiger partial charge in [0.2, 0.25) is 0 Å². The molecule has 3 aromatic carbocycles. The van der Waals surface area contributed by atoms with Gasteiger partial charge in [0, 0.05) is 79.7 Å². The van der Waals surface area contributed by atoms with Crippen LogP contribution in [0.1, 0.15) is 55.5 Å². The third kappa shape index (κ3) is 9.03. The van der Waals surface area contributed by atoms with Crippen molar-refractivity contribution < 1.29 is 22.9 Å². The number of likely N-dealkylation sites (tertiary alicyclic amines) is 1. The Bertz CT molecular complexity index is 2870. The zero-order valence-corrected chi connectivity index (χ0v) is 37.1. The number of rotatable bonds is 12. The lowest BCUT2D eigenvalue weighted by Crippen LogP contribution is -2.47. The zero-order chi connectivity index (χ0) is 44.0. The van der Waals surface area contributed by atoms with Crippen molar-refractivity contribution in [2.24, 2.45) is 11.3 Å². The number of nitrogens with one attached hydrogen (secondary N) is 2. The quantitative estimate of drug-likeness (QED) is 0.0912. The van der Waals surface area contributed by atoms with E-state index in [0.29, 0.717) is 22.4 Å². The third-order valence-electron chi connectivity index (χ3n) is 12.7. The lowest BCUT2D eigenvalue weighted by molar-refractivity contribution is -0.386. The van der Waals surface area contributed by atoms with E-state index in [1.54, 1.807) is 23.1 Å². The van der Waals surface area contributed by atoms with Crippen LogP contribution in [0.4, 0.5) is 11.4 Å². The first-order valence-corrected chi connectivity index (χ1v) is 23.1. The first-order chi connectivity index (χ1) is 30.2. The van der Waals surface area contributed by atoms with Crippen LogP contribution in [0.5, 0.6) is 5.75 Å². The van der Waals surface area contributed by atoms with E-state index in [9.17, 15) is 23.3 Å². The minimum atomic E-state index is -4.58. The molecular formula is C46H50ClN9O6S. The molecule has 6 aromatic rings.